The van der Waals surface area contributed by atoms with Gasteiger partial charge in [0.05, 0.1) is 5.08 Å². The third kappa shape index (κ3) is 0.946. The van der Waals surface area contributed by atoms with E-state index in [2.05, 4.69) is 10.1 Å². The van der Waals surface area contributed by atoms with Gasteiger partial charge in [-0.2, -0.15) is 0 Å². The van der Waals surface area contributed by atoms with Crippen molar-refractivity contribution in [3.8, 4) is 0 Å². The van der Waals surface area contributed by atoms with Gasteiger partial charge in [-0.25, -0.2) is 0 Å². The molecule has 0 spiro atoms. The van der Waals surface area contributed by atoms with Gasteiger partial charge in [-0.1, -0.05) is 0 Å². The quantitative estimate of drug-likeness (QED) is 0.569. The minimum absolute atomic E-state index is 1.28. The topological polar surface area (TPSA) is 12.9 Å². The Bertz CT molecular complexity index is 201. The Morgan fingerprint density at radius 3 is 3.00 bits per heavy atom. The fourth-order valence-electron chi connectivity index (χ4n) is 0.681. The number of thioether (sulfide) groups is 2. The summed E-state index contributed by atoms with van der Waals surface area (Å²) in [5, 5.41) is 2.12. The fraction of sp³-hybridized carbons (Fsp3) is 0. The van der Waals surface area contributed by atoms with E-state index < -0.39 is 0 Å². The maximum absolute atomic E-state index is 4.00. The average Bonchev–Trinajstić information content (AvgIpc) is 2.33. The molecule has 0 fully saturated rings. The molecule has 0 aromatic carbocycles. The third-order valence-electron chi connectivity index (χ3n) is 1.10. The van der Waals surface area contributed by atoms with Crippen LogP contribution in [0.5, 0.6) is 0 Å². The third-order valence-corrected chi connectivity index (χ3v) is 3.18. The number of hydrogen-bond donors (Lipinski definition) is 0. The molecule has 0 N–H and O–H groups in total. The van der Waals surface area contributed by atoms with Crippen molar-refractivity contribution < 1.29 is 0 Å². The van der Waals surface area contributed by atoms with Crippen LogP contribution < -0.4 is 0 Å². The highest BCUT2D eigenvalue weighted by atomic mass is 32.2. The van der Waals surface area contributed by atoms with Crippen molar-refractivity contribution in [2.75, 3.05) is 0 Å². The van der Waals surface area contributed by atoms with E-state index in [4.69, 9.17) is 0 Å². The van der Waals surface area contributed by atoms with Gasteiger partial charge in [0.2, 0.25) is 0 Å². The maximum atomic E-state index is 4.00. The van der Waals surface area contributed by atoms with E-state index in [0.717, 1.165) is 0 Å². The normalized spacial score (nSPS) is 15.6. The lowest BCUT2D eigenvalue weighted by Crippen LogP contribution is -1.71. The van der Waals surface area contributed by atoms with Crippen LogP contribution in [-0.4, -0.2) is 4.98 Å². The molecule has 9 heavy (non-hydrogen) atoms. The molecule has 1 aliphatic rings. The van der Waals surface area contributed by atoms with Gasteiger partial charge in [0.15, 0.2) is 0 Å². The predicted molar refractivity (Wildman–Crippen MR) is 40.3 cm³/mol. The molecular weight excluding hydrogens is 150 g/mol. The SMILES string of the molecule is [CH]1Sc2ccncc2S1. The van der Waals surface area contributed by atoms with E-state index in [-0.39, 0.29) is 0 Å². The van der Waals surface area contributed by atoms with Crippen LogP contribution in [-0.2, 0) is 0 Å². The minimum atomic E-state index is 1.28. The van der Waals surface area contributed by atoms with E-state index in [9.17, 15) is 0 Å². The first-order valence-electron chi connectivity index (χ1n) is 2.56. The highest BCUT2D eigenvalue weighted by Gasteiger charge is 2.10. The summed E-state index contributed by atoms with van der Waals surface area (Å²) in [6, 6.07) is 2.04. The fourth-order valence-corrected chi connectivity index (χ4v) is 2.61. The Kier molecular flexibility index (Phi) is 1.39. The summed E-state index contributed by atoms with van der Waals surface area (Å²) in [5.41, 5.74) is 0. The molecule has 0 atom stereocenters. The van der Waals surface area contributed by atoms with Crippen molar-refractivity contribution in [1.82, 2.24) is 4.98 Å². The number of fused-ring (bicyclic) bond motifs is 1. The van der Waals surface area contributed by atoms with E-state index >= 15 is 0 Å². The van der Waals surface area contributed by atoms with Gasteiger partial charge < -0.3 is 0 Å². The number of nitrogens with zero attached hydrogens (tertiary/aromatic N) is 1. The van der Waals surface area contributed by atoms with Crippen molar-refractivity contribution in [1.29, 1.82) is 0 Å². The summed E-state index contributed by atoms with van der Waals surface area (Å²) in [4.78, 5) is 6.61. The molecule has 0 bridgehead atoms. The van der Waals surface area contributed by atoms with Crippen LogP contribution in [0.2, 0.25) is 0 Å². The second kappa shape index (κ2) is 2.23. The largest absolute Gasteiger partial charge is 0.263 e. The molecule has 2 rings (SSSR count). The smallest absolute Gasteiger partial charge is 0.0815 e. The zero-order valence-corrected chi connectivity index (χ0v) is 6.21. The highest BCUT2D eigenvalue weighted by Crippen LogP contribution is 2.44. The molecule has 0 unspecified atom stereocenters. The van der Waals surface area contributed by atoms with Crippen LogP contribution in [0.1, 0.15) is 0 Å². The van der Waals surface area contributed by atoms with Gasteiger partial charge in [-0.15, -0.1) is 23.5 Å². The van der Waals surface area contributed by atoms with Gasteiger partial charge in [0, 0.05) is 22.2 Å². The van der Waals surface area contributed by atoms with Crippen LogP contribution in [0.4, 0.5) is 0 Å². The van der Waals surface area contributed by atoms with Crippen LogP contribution >= 0.6 is 23.5 Å². The molecular formula is C6H4NS2. The molecule has 1 aliphatic heterocycles. The summed E-state index contributed by atoms with van der Waals surface area (Å²) in [6.45, 7) is 0. The molecule has 1 nitrogen and oxygen atoms in total. The first-order valence-corrected chi connectivity index (χ1v) is 4.32. The van der Waals surface area contributed by atoms with E-state index in [1.165, 1.54) is 9.79 Å². The lowest BCUT2D eigenvalue weighted by molar-refractivity contribution is 1.14. The van der Waals surface area contributed by atoms with Crippen molar-refractivity contribution in [2.45, 2.75) is 9.79 Å². The van der Waals surface area contributed by atoms with Gasteiger partial charge in [-0.3, -0.25) is 4.98 Å². The van der Waals surface area contributed by atoms with Crippen molar-refractivity contribution in [2.24, 2.45) is 0 Å². The van der Waals surface area contributed by atoms with E-state index in [1.54, 1.807) is 23.5 Å². The van der Waals surface area contributed by atoms with Crippen LogP contribution in [0, 0.1) is 5.08 Å². The number of aromatic nitrogens is 1. The number of rotatable bonds is 0. The van der Waals surface area contributed by atoms with Crippen molar-refractivity contribution in [3.05, 3.63) is 23.5 Å². The first kappa shape index (κ1) is 5.62. The first-order chi connectivity index (χ1) is 4.47. The molecule has 1 radical (unpaired) electrons. The lowest BCUT2D eigenvalue weighted by atomic mass is 10.5. The Balaban J connectivity index is 2.54. The van der Waals surface area contributed by atoms with E-state index in [1.807, 2.05) is 18.5 Å². The molecule has 1 aromatic rings. The molecule has 1 aromatic heterocycles. The van der Waals surface area contributed by atoms with Crippen LogP contribution in [0.3, 0.4) is 0 Å². The van der Waals surface area contributed by atoms with Crippen LogP contribution in [0.25, 0.3) is 0 Å². The van der Waals surface area contributed by atoms with Crippen molar-refractivity contribution >= 4 is 23.5 Å². The Labute approximate surface area is 62.3 Å². The average molecular weight is 154 g/mol. The predicted octanol–water partition coefficient (Wildman–Crippen LogP) is 2.40. The summed E-state index contributed by atoms with van der Waals surface area (Å²) in [7, 11) is 0. The molecule has 0 saturated heterocycles. The Hall–Kier alpha value is -0.150. The molecule has 45 valence electrons. The summed E-state index contributed by atoms with van der Waals surface area (Å²) in [6.07, 6.45) is 3.72. The van der Waals surface area contributed by atoms with Gasteiger partial charge >= 0.3 is 0 Å². The number of pyridine rings is 1. The molecule has 3 heteroatoms. The zero-order chi connectivity index (χ0) is 6.10. The monoisotopic (exact) mass is 154 g/mol. The molecule has 2 heterocycles. The summed E-state index contributed by atoms with van der Waals surface area (Å²) >= 11 is 3.51. The van der Waals surface area contributed by atoms with E-state index in [0.29, 0.717) is 0 Å². The minimum Gasteiger partial charge on any atom is -0.263 e. The summed E-state index contributed by atoms with van der Waals surface area (Å²) in [5.74, 6) is 0. The van der Waals surface area contributed by atoms with Crippen LogP contribution in [0.15, 0.2) is 28.3 Å². The molecule has 0 amide bonds. The lowest BCUT2D eigenvalue weighted by Gasteiger charge is -1.90. The van der Waals surface area contributed by atoms with Gasteiger partial charge in [-0.05, 0) is 6.07 Å². The van der Waals surface area contributed by atoms with Gasteiger partial charge in [0.1, 0.15) is 0 Å². The maximum Gasteiger partial charge on any atom is 0.0815 e. The Morgan fingerprint density at radius 1 is 1.22 bits per heavy atom. The second-order valence-electron chi connectivity index (χ2n) is 1.65. The Morgan fingerprint density at radius 2 is 2.11 bits per heavy atom. The highest BCUT2D eigenvalue weighted by molar-refractivity contribution is 8.21. The molecule has 0 aliphatic carbocycles. The van der Waals surface area contributed by atoms with Gasteiger partial charge in [0.25, 0.3) is 0 Å². The second-order valence-corrected chi connectivity index (χ2v) is 3.78. The van der Waals surface area contributed by atoms with Crippen molar-refractivity contribution in [3.63, 3.8) is 0 Å². The number of hydrogen-bond acceptors (Lipinski definition) is 3. The molecule has 0 saturated carbocycles. The zero-order valence-electron chi connectivity index (χ0n) is 4.57. The summed E-state index contributed by atoms with van der Waals surface area (Å²) < 4.78 is 0. The standard InChI is InChI=1S/C6H4NS2/c1-2-7-3-6-5(1)8-4-9-6/h1-4H.